The fourth-order valence-corrected chi connectivity index (χ4v) is 5.34. The fourth-order valence-electron chi connectivity index (χ4n) is 5.34. The van der Waals surface area contributed by atoms with Crippen molar-refractivity contribution in [3.8, 4) is 0 Å². The van der Waals surface area contributed by atoms with Crippen molar-refractivity contribution in [3.05, 3.63) is 46.5 Å². The highest BCUT2D eigenvalue weighted by Gasteiger charge is 2.66. The molecule has 6 rings (SSSR count). The lowest BCUT2D eigenvalue weighted by atomic mass is 9.63. The number of nitro groups is 1. The minimum Gasteiger partial charge on any atom is -0.326 e. The van der Waals surface area contributed by atoms with Crippen LogP contribution in [0.15, 0.2) is 36.4 Å². The molecule has 1 saturated heterocycles. The first kappa shape index (κ1) is 17.1. The van der Waals surface area contributed by atoms with Gasteiger partial charge in [-0.25, -0.2) is 0 Å². The monoisotopic (exact) mass is 381 g/mol. The van der Waals surface area contributed by atoms with Gasteiger partial charge in [0.2, 0.25) is 17.7 Å². The van der Waals surface area contributed by atoms with Gasteiger partial charge in [0, 0.05) is 30.8 Å². The Labute approximate surface area is 160 Å². The maximum atomic E-state index is 12.9. The number of nitrogens with one attached hydrogen (secondary N) is 1. The second kappa shape index (κ2) is 5.98. The molecule has 0 spiro atoms. The Balaban J connectivity index is 1.21. The average molecular weight is 381 g/mol. The van der Waals surface area contributed by atoms with Crippen LogP contribution < -0.4 is 5.32 Å². The SMILES string of the molecule is O=C(CCN1C(=O)C2C3C=CC(C4CC34)C2C1=O)Nc1ccc([N+](=O)[O-])cc1. The molecule has 6 unspecified atom stereocenters. The first-order valence-corrected chi connectivity index (χ1v) is 9.53. The summed E-state index contributed by atoms with van der Waals surface area (Å²) in [5.41, 5.74) is 0.376. The maximum Gasteiger partial charge on any atom is 0.269 e. The second-order valence-electron chi connectivity index (χ2n) is 8.08. The van der Waals surface area contributed by atoms with Gasteiger partial charge in [-0.1, -0.05) is 12.2 Å². The smallest absolute Gasteiger partial charge is 0.269 e. The quantitative estimate of drug-likeness (QED) is 0.363. The van der Waals surface area contributed by atoms with Crippen LogP contribution in [0.25, 0.3) is 0 Å². The van der Waals surface area contributed by atoms with Gasteiger partial charge in [-0.15, -0.1) is 0 Å². The number of carbonyl (C=O) groups excluding carboxylic acids is 3. The molecule has 8 heteroatoms. The molecule has 3 fully saturated rings. The predicted octanol–water partition coefficient (Wildman–Crippen LogP) is 1.98. The summed E-state index contributed by atoms with van der Waals surface area (Å²) >= 11 is 0. The topological polar surface area (TPSA) is 110 Å². The fraction of sp³-hybridized carbons (Fsp3) is 0.450. The summed E-state index contributed by atoms with van der Waals surface area (Å²) in [7, 11) is 0. The third-order valence-corrected chi connectivity index (χ3v) is 6.68. The number of anilines is 1. The van der Waals surface area contributed by atoms with Crippen molar-refractivity contribution in [2.45, 2.75) is 12.8 Å². The summed E-state index contributed by atoms with van der Waals surface area (Å²) in [5, 5.41) is 13.3. The summed E-state index contributed by atoms with van der Waals surface area (Å²) in [6.07, 6.45) is 5.36. The molecule has 5 aliphatic rings. The van der Waals surface area contributed by atoms with E-state index in [1.54, 1.807) is 0 Å². The Morgan fingerprint density at radius 3 is 2.18 bits per heavy atom. The van der Waals surface area contributed by atoms with Crippen LogP contribution in [-0.4, -0.2) is 34.1 Å². The van der Waals surface area contributed by atoms with Crippen molar-refractivity contribution in [1.29, 1.82) is 0 Å². The van der Waals surface area contributed by atoms with Crippen molar-refractivity contribution in [1.82, 2.24) is 4.90 Å². The van der Waals surface area contributed by atoms with E-state index in [0.29, 0.717) is 17.5 Å². The Bertz CT molecular complexity index is 888. The zero-order valence-corrected chi connectivity index (χ0v) is 15.0. The number of allylic oxidation sites excluding steroid dienone is 2. The highest BCUT2D eigenvalue weighted by Crippen LogP contribution is 2.65. The number of nitrogens with zero attached hydrogens (tertiary/aromatic N) is 2. The lowest BCUT2D eigenvalue weighted by molar-refractivity contribution is -0.384. The van der Waals surface area contributed by atoms with E-state index in [1.165, 1.54) is 29.2 Å². The van der Waals surface area contributed by atoms with Crippen molar-refractivity contribution >= 4 is 29.1 Å². The van der Waals surface area contributed by atoms with E-state index < -0.39 is 4.92 Å². The van der Waals surface area contributed by atoms with Crippen LogP contribution in [0.2, 0.25) is 0 Å². The van der Waals surface area contributed by atoms with Gasteiger partial charge in [0.15, 0.2) is 0 Å². The third kappa shape index (κ3) is 2.47. The molecule has 28 heavy (non-hydrogen) atoms. The molecule has 0 radical (unpaired) electrons. The van der Waals surface area contributed by atoms with E-state index in [9.17, 15) is 24.5 Å². The van der Waals surface area contributed by atoms with Gasteiger partial charge in [0.25, 0.3) is 5.69 Å². The molecule has 4 aliphatic carbocycles. The number of hydrogen-bond donors (Lipinski definition) is 1. The zero-order valence-electron chi connectivity index (χ0n) is 15.0. The number of benzene rings is 1. The van der Waals surface area contributed by atoms with Gasteiger partial charge >= 0.3 is 0 Å². The van der Waals surface area contributed by atoms with Gasteiger partial charge in [-0.3, -0.25) is 29.4 Å². The van der Waals surface area contributed by atoms with Crippen LogP contribution in [0.4, 0.5) is 11.4 Å². The molecule has 0 aromatic heterocycles. The second-order valence-corrected chi connectivity index (χ2v) is 8.08. The lowest BCUT2D eigenvalue weighted by Gasteiger charge is -2.37. The number of non-ortho nitro benzene ring substituents is 1. The number of nitro benzene ring substituents is 1. The number of rotatable bonds is 5. The van der Waals surface area contributed by atoms with Crippen LogP contribution in [0.3, 0.4) is 0 Å². The van der Waals surface area contributed by atoms with Gasteiger partial charge < -0.3 is 5.32 Å². The minimum absolute atomic E-state index is 0.00350. The first-order chi connectivity index (χ1) is 13.5. The van der Waals surface area contributed by atoms with Gasteiger partial charge in [0.1, 0.15) is 0 Å². The van der Waals surface area contributed by atoms with Crippen LogP contribution in [0.5, 0.6) is 0 Å². The highest BCUT2D eigenvalue weighted by atomic mass is 16.6. The molecule has 2 bridgehead atoms. The predicted molar refractivity (Wildman–Crippen MR) is 97.8 cm³/mol. The molecule has 1 N–H and O–H groups in total. The molecule has 1 aromatic carbocycles. The van der Waals surface area contributed by atoms with Gasteiger partial charge in [0.05, 0.1) is 16.8 Å². The van der Waals surface area contributed by atoms with Crippen molar-refractivity contribution in [2.24, 2.45) is 35.5 Å². The number of amides is 3. The molecule has 3 amide bonds. The first-order valence-electron chi connectivity index (χ1n) is 9.53. The van der Waals surface area contributed by atoms with Crippen LogP contribution in [0.1, 0.15) is 12.8 Å². The Hall–Kier alpha value is -3.03. The molecule has 1 heterocycles. The maximum absolute atomic E-state index is 12.9. The zero-order chi connectivity index (χ0) is 19.6. The third-order valence-electron chi connectivity index (χ3n) is 6.68. The van der Waals surface area contributed by atoms with Crippen molar-refractivity contribution in [2.75, 3.05) is 11.9 Å². The summed E-state index contributed by atoms with van der Waals surface area (Å²) in [6.45, 7) is 0.0677. The standard InChI is InChI=1S/C20H19N3O5/c24-16(21-10-1-3-11(4-2-10)23(27)28)7-8-22-19(25)17-12-5-6-13(15-9-14(12)15)18(17)20(22)26/h1-6,12-15,17-18H,7-9H2,(H,21,24). The molecule has 6 atom stereocenters. The average Bonchev–Trinajstić information content (AvgIpc) is 3.46. The molecule has 144 valence electrons. The highest BCUT2D eigenvalue weighted by molar-refractivity contribution is 6.06. The van der Waals surface area contributed by atoms with Crippen LogP contribution in [-0.2, 0) is 14.4 Å². The summed E-state index contributed by atoms with van der Waals surface area (Å²) in [4.78, 5) is 49.3. The Morgan fingerprint density at radius 1 is 1.07 bits per heavy atom. The summed E-state index contributed by atoms with van der Waals surface area (Å²) < 4.78 is 0. The lowest BCUT2D eigenvalue weighted by Crippen LogP contribution is -2.40. The molecule has 8 nitrogen and oxygen atoms in total. The Kier molecular flexibility index (Phi) is 3.65. The minimum atomic E-state index is -0.512. The molecule has 2 saturated carbocycles. The number of likely N-dealkylation sites (tertiary alicyclic amines) is 1. The molecular formula is C20H19N3O5. The normalized spacial score (nSPS) is 34.2. The van der Waals surface area contributed by atoms with Crippen LogP contribution >= 0.6 is 0 Å². The van der Waals surface area contributed by atoms with Crippen LogP contribution in [0, 0.1) is 45.6 Å². The van der Waals surface area contributed by atoms with E-state index >= 15 is 0 Å². The number of imide groups is 1. The molecular weight excluding hydrogens is 362 g/mol. The van der Waals surface area contributed by atoms with Crippen molar-refractivity contribution in [3.63, 3.8) is 0 Å². The van der Waals surface area contributed by atoms with Gasteiger partial charge in [-0.05, 0) is 42.2 Å². The van der Waals surface area contributed by atoms with E-state index in [0.717, 1.165) is 6.42 Å². The number of carbonyl (C=O) groups is 3. The largest absolute Gasteiger partial charge is 0.326 e. The van der Waals surface area contributed by atoms with E-state index in [-0.39, 0.29) is 60.0 Å². The summed E-state index contributed by atoms with van der Waals surface area (Å²) in [6, 6.07) is 5.52. The van der Waals surface area contributed by atoms with Crippen molar-refractivity contribution < 1.29 is 19.3 Å². The molecule has 1 aliphatic heterocycles. The van der Waals surface area contributed by atoms with Gasteiger partial charge in [-0.2, -0.15) is 0 Å². The Morgan fingerprint density at radius 2 is 1.64 bits per heavy atom. The summed E-state index contributed by atoms with van der Waals surface area (Å²) in [5.74, 6) is 0.356. The van der Waals surface area contributed by atoms with E-state index in [2.05, 4.69) is 17.5 Å². The molecule has 1 aromatic rings. The van der Waals surface area contributed by atoms with E-state index in [4.69, 9.17) is 0 Å². The number of hydrogen-bond acceptors (Lipinski definition) is 5. The van der Waals surface area contributed by atoms with E-state index in [1.807, 2.05) is 0 Å².